The molecule has 1 fully saturated rings. The number of aromatic nitrogens is 2. The second-order valence-electron chi connectivity index (χ2n) is 8.89. The molecule has 1 N–H and O–H groups in total. The lowest BCUT2D eigenvalue weighted by Crippen LogP contribution is -2.38. The van der Waals surface area contributed by atoms with Gasteiger partial charge >= 0.3 is 0 Å². The fourth-order valence-electron chi connectivity index (χ4n) is 4.45. The van der Waals surface area contributed by atoms with E-state index in [9.17, 15) is 14.0 Å². The SMILES string of the molecule is Cc1cc(C)n(CCC(=O)Nc2ccc(C3CCN(C(=O)c4cc(Cl)c(F)c(Cl)c4)CC3)cc2)n1. The van der Waals surface area contributed by atoms with Crippen LogP contribution in [0, 0.1) is 19.7 Å². The van der Waals surface area contributed by atoms with Crippen LogP contribution < -0.4 is 5.32 Å². The van der Waals surface area contributed by atoms with Crippen molar-refractivity contribution in [3.05, 3.63) is 80.8 Å². The molecule has 0 atom stereocenters. The summed E-state index contributed by atoms with van der Waals surface area (Å²) in [5.74, 6) is -0.662. The molecule has 0 unspecified atom stereocenters. The molecule has 4 rings (SSSR count). The minimum atomic E-state index is -0.716. The van der Waals surface area contributed by atoms with Crippen molar-refractivity contribution in [1.82, 2.24) is 14.7 Å². The van der Waals surface area contributed by atoms with Gasteiger partial charge in [-0.1, -0.05) is 35.3 Å². The maximum atomic E-state index is 13.7. The van der Waals surface area contributed by atoms with Crippen molar-refractivity contribution in [2.24, 2.45) is 0 Å². The molecule has 0 bridgehead atoms. The topological polar surface area (TPSA) is 67.2 Å². The predicted octanol–water partition coefficient (Wildman–Crippen LogP) is 5.99. The van der Waals surface area contributed by atoms with E-state index in [0.29, 0.717) is 32.0 Å². The summed E-state index contributed by atoms with van der Waals surface area (Å²) < 4.78 is 15.5. The third kappa shape index (κ3) is 6.03. The lowest BCUT2D eigenvalue weighted by Gasteiger charge is -2.32. The van der Waals surface area contributed by atoms with E-state index in [2.05, 4.69) is 10.4 Å². The molecule has 2 heterocycles. The molecule has 9 heteroatoms. The van der Waals surface area contributed by atoms with Gasteiger partial charge in [0.05, 0.1) is 15.7 Å². The number of anilines is 1. The maximum Gasteiger partial charge on any atom is 0.253 e. The van der Waals surface area contributed by atoms with E-state index < -0.39 is 5.82 Å². The van der Waals surface area contributed by atoms with Crippen LogP contribution in [0.3, 0.4) is 0 Å². The van der Waals surface area contributed by atoms with Gasteiger partial charge in [0, 0.05) is 43.0 Å². The zero-order valence-corrected chi connectivity index (χ0v) is 21.2. The fourth-order valence-corrected chi connectivity index (χ4v) is 4.94. The first-order valence-electron chi connectivity index (χ1n) is 11.6. The van der Waals surface area contributed by atoms with E-state index in [1.165, 1.54) is 17.7 Å². The average Bonchev–Trinajstić information content (AvgIpc) is 3.17. The van der Waals surface area contributed by atoms with Crippen molar-refractivity contribution in [1.29, 1.82) is 0 Å². The lowest BCUT2D eigenvalue weighted by atomic mass is 9.89. The number of aryl methyl sites for hydroxylation is 3. The van der Waals surface area contributed by atoms with Gasteiger partial charge in [-0.05, 0) is 68.5 Å². The number of rotatable bonds is 6. The summed E-state index contributed by atoms with van der Waals surface area (Å²) in [6.45, 7) is 5.62. The zero-order chi connectivity index (χ0) is 25.1. The van der Waals surface area contributed by atoms with Crippen molar-refractivity contribution >= 4 is 40.7 Å². The van der Waals surface area contributed by atoms with Crippen LogP contribution >= 0.6 is 23.2 Å². The molecule has 1 aromatic heterocycles. The molecule has 0 aliphatic carbocycles. The minimum absolute atomic E-state index is 0.0573. The number of amides is 2. The van der Waals surface area contributed by atoms with Gasteiger partial charge in [0.15, 0.2) is 5.82 Å². The monoisotopic (exact) mass is 516 g/mol. The number of nitrogens with zero attached hydrogens (tertiary/aromatic N) is 3. The van der Waals surface area contributed by atoms with Gasteiger partial charge < -0.3 is 10.2 Å². The van der Waals surface area contributed by atoms with Crippen molar-refractivity contribution in [2.45, 2.75) is 45.6 Å². The second-order valence-corrected chi connectivity index (χ2v) is 9.71. The molecule has 35 heavy (non-hydrogen) atoms. The smallest absolute Gasteiger partial charge is 0.253 e. The number of piperidine rings is 1. The van der Waals surface area contributed by atoms with Crippen molar-refractivity contribution in [3.8, 4) is 0 Å². The number of nitrogens with one attached hydrogen (secondary N) is 1. The maximum absolute atomic E-state index is 13.7. The Morgan fingerprint density at radius 3 is 2.26 bits per heavy atom. The number of carbonyl (C=O) groups excluding carboxylic acids is 2. The number of likely N-dealkylation sites (tertiary alicyclic amines) is 1. The Balaban J connectivity index is 1.28. The summed E-state index contributed by atoms with van der Waals surface area (Å²) in [5.41, 5.74) is 4.20. The van der Waals surface area contributed by atoms with Gasteiger partial charge in [0.2, 0.25) is 5.91 Å². The molecule has 3 aromatic rings. The molecule has 1 aliphatic heterocycles. The van der Waals surface area contributed by atoms with E-state index in [1.54, 1.807) is 4.90 Å². The van der Waals surface area contributed by atoms with Gasteiger partial charge in [-0.2, -0.15) is 5.10 Å². The van der Waals surface area contributed by atoms with Crippen molar-refractivity contribution < 1.29 is 14.0 Å². The molecule has 0 saturated carbocycles. The highest BCUT2D eigenvalue weighted by molar-refractivity contribution is 6.35. The average molecular weight is 517 g/mol. The van der Waals surface area contributed by atoms with E-state index in [1.807, 2.05) is 48.9 Å². The first-order valence-corrected chi connectivity index (χ1v) is 12.3. The van der Waals surface area contributed by atoms with Gasteiger partial charge in [-0.3, -0.25) is 14.3 Å². The Labute approximate surface area is 214 Å². The van der Waals surface area contributed by atoms with E-state index in [0.717, 1.165) is 29.9 Å². The Morgan fingerprint density at radius 2 is 1.69 bits per heavy atom. The van der Waals surface area contributed by atoms with E-state index >= 15 is 0 Å². The Hall–Kier alpha value is -2.90. The highest BCUT2D eigenvalue weighted by atomic mass is 35.5. The molecule has 2 aromatic carbocycles. The van der Waals surface area contributed by atoms with Crippen LogP contribution in [-0.2, 0) is 11.3 Å². The number of hydrogen-bond acceptors (Lipinski definition) is 3. The quantitative estimate of drug-likeness (QED) is 0.409. The van der Waals surface area contributed by atoms with Crippen LogP contribution in [0.2, 0.25) is 10.0 Å². The van der Waals surface area contributed by atoms with Crippen LogP contribution in [0.15, 0.2) is 42.5 Å². The van der Waals surface area contributed by atoms with Crippen molar-refractivity contribution in [2.75, 3.05) is 18.4 Å². The van der Waals surface area contributed by atoms with Gasteiger partial charge in [0.25, 0.3) is 5.91 Å². The molecule has 2 amide bonds. The third-order valence-electron chi connectivity index (χ3n) is 6.33. The van der Waals surface area contributed by atoms with Crippen LogP contribution in [0.5, 0.6) is 0 Å². The van der Waals surface area contributed by atoms with Crippen LogP contribution in [0.25, 0.3) is 0 Å². The summed E-state index contributed by atoms with van der Waals surface area (Å²) in [4.78, 5) is 26.9. The standard InChI is InChI=1S/C26H27Cl2FN4O2/c1-16-13-17(2)33(31-16)12-9-24(34)30-21-5-3-18(4-6-21)19-7-10-32(11-8-19)26(35)20-14-22(27)25(29)23(28)15-20/h3-6,13-15,19H,7-12H2,1-2H3,(H,30,34). The molecule has 0 radical (unpaired) electrons. The van der Waals surface area contributed by atoms with E-state index in [4.69, 9.17) is 23.2 Å². The molecule has 1 aliphatic rings. The fraction of sp³-hybridized carbons (Fsp3) is 0.346. The normalized spacial score (nSPS) is 14.3. The van der Waals surface area contributed by atoms with Gasteiger partial charge in [0.1, 0.15) is 0 Å². The Kier molecular flexibility index (Phi) is 7.77. The third-order valence-corrected chi connectivity index (χ3v) is 6.88. The molecule has 184 valence electrons. The first-order chi connectivity index (χ1) is 16.7. The van der Waals surface area contributed by atoms with Crippen LogP contribution in [-0.4, -0.2) is 39.6 Å². The summed E-state index contributed by atoms with van der Waals surface area (Å²) in [7, 11) is 0. The highest BCUT2D eigenvalue weighted by Gasteiger charge is 2.25. The minimum Gasteiger partial charge on any atom is -0.339 e. The summed E-state index contributed by atoms with van der Waals surface area (Å²) >= 11 is 11.7. The largest absolute Gasteiger partial charge is 0.339 e. The number of carbonyl (C=O) groups is 2. The van der Waals surface area contributed by atoms with E-state index in [-0.39, 0.29) is 27.4 Å². The van der Waals surface area contributed by atoms with Gasteiger partial charge in [-0.15, -0.1) is 0 Å². The molecular weight excluding hydrogens is 490 g/mol. The van der Waals surface area contributed by atoms with Crippen LogP contribution in [0.1, 0.15) is 52.5 Å². The Morgan fingerprint density at radius 1 is 1.06 bits per heavy atom. The number of hydrogen-bond donors (Lipinski definition) is 1. The second kappa shape index (κ2) is 10.8. The zero-order valence-electron chi connectivity index (χ0n) is 19.7. The highest BCUT2D eigenvalue weighted by Crippen LogP contribution is 2.31. The summed E-state index contributed by atoms with van der Waals surface area (Å²) in [6, 6.07) is 12.5. The lowest BCUT2D eigenvalue weighted by molar-refractivity contribution is -0.116. The number of benzene rings is 2. The molecule has 6 nitrogen and oxygen atoms in total. The van der Waals surface area contributed by atoms with Gasteiger partial charge in [-0.25, -0.2) is 4.39 Å². The predicted molar refractivity (Wildman–Crippen MR) is 136 cm³/mol. The summed E-state index contributed by atoms with van der Waals surface area (Å²) in [6.07, 6.45) is 1.96. The molecule has 1 saturated heterocycles. The number of halogens is 3. The first kappa shape index (κ1) is 25.2. The van der Waals surface area contributed by atoms with Crippen molar-refractivity contribution in [3.63, 3.8) is 0 Å². The van der Waals surface area contributed by atoms with Crippen LogP contribution in [0.4, 0.5) is 10.1 Å². The molecule has 0 spiro atoms. The summed E-state index contributed by atoms with van der Waals surface area (Å²) in [5, 5.41) is 7.01. The molecular formula is C26H27Cl2FN4O2. The Bertz CT molecular complexity index is 1210.